The third kappa shape index (κ3) is 4.53. The van der Waals surface area contributed by atoms with Gasteiger partial charge in [-0.05, 0) is 51.5 Å². The molecule has 0 spiro atoms. The number of ether oxygens (including phenoxy) is 1. The molecule has 0 saturated heterocycles. The summed E-state index contributed by atoms with van der Waals surface area (Å²) in [6.45, 7) is 9.92. The predicted octanol–water partition coefficient (Wildman–Crippen LogP) is 4.01. The third-order valence-electron chi connectivity index (χ3n) is 4.42. The standard InChI is InChI=1S/C21H27N3O2/c1-5-24(6-2)17-9-7-16(8-10-17)18-11-13-23-20(19(18)15-22)26-21(3,4)12-14-25/h7-11,13,25H,5-6,12,14H2,1-4H3. The van der Waals surface area contributed by atoms with Crippen LogP contribution in [0.5, 0.6) is 5.88 Å². The molecular weight excluding hydrogens is 326 g/mol. The van der Waals surface area contributed by atoms with Crippen molar-refractivity contribution in [2.24, 2.45) is 0 Å². The molecule has 0 aliphatic heterocycles. The first-order valence-electron chi connectivity index (χ1n) is 9.00. The molecule has 0 saturated carbocycles. The summed E-state index contributed by atoms with van der Waals surface area (Å²) in [7, 11) is 0. The van der Waals surface area contributed by atoms with Crippen LogP contribution < -0.4 is 9.64 Å². The van der Waals surface area contributed by atoms with E-state index in [-0.39, 0.29) is 6.61 Å². The number of hydrogen-bond donors (Lipinski definition) is 1. The number of nitriles is 1. The van der Waals surface area contributed by atoms with Gasteiger partial charge < -0.3 is 14.7 Å². The Morgan fingerprint density at radius 3 is 2.35 bits per heavy atom. The van der Waals surface area contributed by atoms with Gasteiger partial charge in [0.25, 0.3) is 0 Å². The molecule has 0 bridgehead atoms. The number of pyridine rings is 1. The molecule has 2 rings (SSSR count). The van der Waals surface area contributed by atoms with E-state index < -0.39 is 5.60 Å². The van der Waals surface area contributed by atoms with Crippen molar-refractivity contribution in [2.45, 2.75) is 39.7 Å². The zero-order valence-electron chi connectivity index (χ0n) is 16.0. The van der Waals surface area contributed by atoms with Crippen molar-refractivity contribution in [1.29, 1.82) is 5.26 Å². The Morgan fingerprint density at radius 2 is 1.81 bits per heavy atom. The molecule has 0 atom stereocenters. The smallest absolute Gasteiger partial charge is 0.232 e. The molecule has 0 aliphatic rings. The summed E-state index contributed by atoms with van der Waals surface area (Å²) >= 11 is 0. The van der Waals surface area contributed by atoms with E-state index in [1.165, 1.54) is 0 Å². The molecule has 1 aromatic heterocycles. The van der Waals surface area contributed by atoms with Gasteiger partial charge in [-0.3, -0.25) is 0 Å². The van der Waals surface area contributed by atoms with Crippen LogP contribution in [0.2, 0.25) is 0 Å². The molecule has 5 nitrogen and oxygen atoms in total. The predicted molar refractivity (Wildman–Crippen MR) is 104 cm³/mol. The number of benzene rings is 1. The fraction of sp³-hybridized carbons (Fsp3) is 0.429. The normalized spacial score (nSPS) is 11.1. The minimum atomic E-state index is -0.599. The van der Waals surface area contributed by atoms with Crippen LogP contribution in [0, 0.1) is 11.3 Å². The first-order valence-corrected chi connectivity index (χ1v) is 9.00. The maximum atomic E-state index is 9.68. The Kier molecular flexibility index (Phi) is 6.59. The topological polar surface area (TPSA) is 69.4 Å². The minimum absolute atomic E-state index is 0.0153. The lowest BCUT2D eigenvalue weighted by Crippen LogP contribution is -2.30. The van der Waals surface area contributed by atoms with Gasteiger partial charge in [-0.25, -0.2) is 4.98 Å². The molecule has 0 unspecified atom stereocenters. The van der Waals surface area contributed by atoms with Gasteiger partial charge in [0.2, 0.25) is 5.88 Å². The van der Waals surface area contributed by atoms with Crippen LogP contribution in [0.25, 0.3) is 11.1 Å². The van der Waals surface area contributed by atoms with Crippen LogP contribution in [0.1, 0.15) is 39.7 Å². The van der Waals surface area contributed by atoms with Crippen LogP contribution >= 0.6 is 0 Å². The monoisotopic (exact) mass is 353 g/mol. The van der Waals surface area contributed by atoms with Gasteiger partial charge in [-0.1, -0.05) is 12.1 Å². The van der Waals surface area contributed by atoms with E-state index in [1.807, 2.05) is 32.0 Å². The first kappa shape index (κ1) is 19.7. The molecule has 2 aromatic rings. The molecule has 1 N–H and O–H groups in total. The highest BCUT2D eigenvalue weighted by atomic mass is 16.5. The minimum Gasteiger partial charge on any atom is -0.471 e. The molecule has 5 heteroatoms. The van der Waals surface area contributed by atoms with Crippen LogP contribution in [0.3, 0.4) is 0 Å². The highest BCUT2D eigenvalue weighted by Gasteiger charge is 2.23. The highest BCUT2D eigenvalue weighted by molar-refractivity contribution is 5.73. The molecule has 0 fully saturated rings. The summed E-state index contributed by atoms with van der Waals surface area (Å²) < 4.78 is 5.92. The second-order valence-electron chi connectivity index (χ2n) is 6.70. The van der Waals surface area contributed by atoms with Gasteiger partial charge in [0.05, 0.1) is 0 Å². The number of aromatic nitrogens is 1. The Balaban J connectivity index is 2.38. The van der Waals surface area contributed by atoms with Crippen molar-refractivity contribution in [3.63, 3.8) is 0 Å². The molecule has 0 radical (unpaired) electrons. The van der Waals surface area contributed by atoms with Crippen LogP contribution in [-0.2, 0) is 0 Å². The molecule has 0 amide bonds. The maximum Gasteiger partial charge on any atom is 0.232 e. The molecule has 1 aromatic carbocycles. The summed E-state index contributed by atoms with van der Waals surface area (Å²) in [5, 5.41) is 18.9. The van der Waals surface area contributed by atoms with Gasteiger partial charge in [0.1, 0.15) is 17.2 Å². The first-order chi connectivity index (χ1) is 12.5. The highest BCUT2D eigenvalue weighted by Crippen LogP contribution is 2.32. The van der Waals surface area contributed by atoms with Gasteiger partial charge in [0.15, 0.2) is 0 Å². The SMILES string of the molecule is CCN(CC)c1ccc(-c2ccnc(OC(C)(C)CCO)c2C#N)cc1. The average molecular weight is 353 g/mol. The fourth-order valence-electron chi connectivity index (χ4n) is 2.89. The van der Waals surface area contributed by atoms with Crippen LogP contribution in [-0.4, -0.2) is 35.4 Å². The van der Waals surface area contributed by atoms with Gasteiger partial charge in [0, 0.05) is 43.6 Å². The van der Waals surface area contributed by atoms with Crippen molar-refractivity contribution in [3.05, 3.63) is 42.1 Å². The second-order valence-corrected chi connectivity index (χ2v) is 6.70. The molecule has 138 valence electrons. The van der Waals surface area contributed by atoms with Crippen molar-refractivity contribution in [1.82, 2.24) is 4.98 Å². The Hall–Kier alpha value is -2.58. The molecule has 1 heterocycles. The lowest BCUT2D eigenvalue weighted by molar-refractivity contribution is 0.0714. The number of aliphatic hydroxyl groups excluding tert-OH is 1. The van der Waals surface area contributed by atoms with E-state index in [1.54, 1.807) is 6.20 Å². The lowest BCUT2D eigenvalue weighted by Gasteiger charge is -2.25. The van der Waals surface area contributed by atoms with E-state index in [9.17, 15) is 10.4 Å². The van der Waals surface area contributed by atoms with Crippen molar-refractivity contribution in [3.8, 4) is 23.1 Å². The lowest BCUT2D eigenvalue weighted by atomic mass is 10.0. The van der Waals surface area contributed by atoms with Crippen molar-refractivity contribution >= 4 is 5.69 Å². The van der Waals surface area contributed by atoms with Crippen LogP contribution in [0.4, 0.5) is 5.69 Å². The fourth-order valence-corrected chi connectivity index (χ4v) is 2.89. The largest absolute Gasteiger partial charge is 0.471 e. The maximum absolute atomic E-state index is 9.68. The van der Waals surface area contributed by atoms with E-state index in [0.29, 0.717) is 17.9 Å². The number of anilines is 1. The molecule has 0 aliphatic carbocycles. The van der Waals surface area contributed by atoms with Gasteiger partial charge in [-0.2, -0.15) is 5.26 Å². The Labute approximate surface area is 155 Å². The zero-order valence-corrected chi connectivity index (χ0v) is 16.0. The summed E-state index contributed by atoms with van der Waals surface area (Å²) in [4.78, 5) is 6.51. The number of aliphatic hydroxyl groups is 1. The van der Waals surface area contributed by atoms with E-state index in [2.05, 4.69) is 41.9 Å². The van der Waals surface area contributed by atoms with Crippen LogP contribution in [0.15, 0.2) is 36.5 Å². The van der Waals surface area contributed by atoms with E-state index in [0.717, 1.165) is 29.9 Å². The number of hydrogen-bond acceptors (Lipinski definition) is 5. The molecule has 26 heavy (non-hydrogen) atoms. The summed E-state index contributed by atoms with van der Waals surface area (Å²) in [6, 6.07) is 12.2. The number of rotatable bonds is 8. The summed E-state index contributed by atoms with van der Waals surface area (Å²) in [6.07, 6.45) is 2.11. The molecular formula is C21H27N3O2. The van der Waals surface area contributed by atoms with Gasteiger partial charge in [-0.15, -0.1) is 0 Å². The van der Waals surface area contributed by atoms with Gasteiger partial charge >= 0.3 is 0 Å². The van der Waals surface area contributed by atoms with Crippen molar-refractivity contribution < 1.29 is 9.84 Å². The van der Waals surface area contributed by atoms with E-state index in [4.69, 9.17) is 4.74 Å². The zero-order chi connectivity index (χ0) is 19.2. The summed E-state index contributed by atoms with van der Waals surface area (Å²) in [5.41, 5.74) is 2.72. The van der Waals surface area contributed by atoms with E-state index >= 15 is 0 Å². The quantitative estimate of drug-likeness (QED) is 0.776. The van der Waals surface area contributed by atoms with Crippen molar-refractivity contribution in [2.75, 3.05) is 24.6 Å². The third-order valence-corrected chi connectivity index (χ3v) is 4.42. The Morgan fingerprint density at radius 1 is 1.15 bits per heavy atom. The average Bonchev–Trinajstić information content (AvgIpc) is 2.62. The summed E-state index contributed by atoms with van der Waals surface area (Å²) in [5.74, 6) is 0.302. The number of nitrogens with zero attached hydrogens (tertiary/aromatic N) is 3. The second kappa shape index (κ2) is 8.68. The Bertz CT molecular complexity index is 760.